The van der Waals surface area contributed by atoms with Gasteiger partial charge in [0.1, 0.15) is 5.75 Å². The van der Waals surface area contributed by atoms with Crippen LogP contribution in [0.15, 0.2) is 18.2 Å². The number of phenolic OH excluding ortho intramolecular Hbond substituents is 1. The lowest BCUT2D eigenvalue weighted by atomic mass is 10.2. The second-order valence-electron chi connectivity index (χ2n) is 2.84. The molecule has 0 amide bonds. The first-order valence-electron chi connectivity index (χ1n) is 3.64. The van der Waals surface area contributed by atoms with Gasteiger partial charge in [-0.15, -0.1) is 0 Å². The van der Waals surface area contributed by atoms with Crippen molar-refractivity contribution in [2.24, 2.45) is 0 Å². The number of fused-ring (bicyclic) bond motifs is 1. The molecule has 0 radical (unpaired) electrons. The van der Waals surface area contributed by atoms with Crippen LogP contribution in [0.25, 0.3) is 10.9 Å². The fourth-order valence-electron chi connectivity index (χ4n) is 1.29. The van der Waals surface area contributed by atoms with Crippen molar-refractivity contribution in [3.8, 4) is 5.75 Å². The first-order chi connectivity index (χ1) is 5.66. The molecule has 3 heteroatoms. The molecule has 2 aromatic rings. The number of aromatic amines is 1. The summed E-state index contributed by atoms with van der Waals surface area (Å²) in [4.78, 5) is 3.11. The molecule has 12 heavy (non-hydrogen) atoms. The molecule has 0 aliphatic rings. The molecule has 2 N–H and O–H groups in total. The minimum atomic E-state index is 0.117. The summed E-state index contributed by atoms with van der Waals surface area (Å²) in [5, 5.41) is 10.7. The highest BCUT2D eigenvalue weighted by atomic mass is 35.5. The van der Waals surface area contributed by atoms with Crippen LogP contribution in [-0.4, -0.2) is 10.1 Å². The van der Waals surface area contributed by atoms with Crippen molar-refractivity contribution in [3.63, 3.8) is 0 Å². The molecular weight excluding hydrogens is 174 g/mol. The van der Waals surface area contributed by atoms with E-state index in [1.807, 2.05) is 13.0 Å². The quantitative estimate of drug-likeness (QED) is 0.644. The Labute approximate surface area is 74.8 Å². The zero-order chi connectivity index (χ0) is 8.72. The minimum absolute atomic E-state index is 0.117. The Morgan fingerprint density at radius 1 is 1.33 bits per heavy atom. The summed E-state index contributed by atoms with van der Waals surface area (Å²) in [6, 6.07) is 5.36. The van der Waals surface area contributed by atoms with Crippen molar-refractivity contribution in [2.75, 3.05) is 0 Å². The minimum Gasteiger partial charge on any atom is -0.506 e. The standard InChI is InChI=1S/C9H8ClNO/c1-5-2-6-3-7(10)9(12)4-8(6)11-5/h2-4,11-12H,1H3. The molecule has 2 nitrogen and oxygen atoms in total. The highest BCUT2D eigenvalue weighted by molar-refractivity contribution is 6.32. The Balaban J connectivity index is 2.83. The number of H-pyrrole nitrogens is 1. The zero-order valence-corrected chi connectivity index (χ0v) is 7.31. The van der Waals surface area contributed by atoms with Crippen LogP contribution in [-0.2, 0) is 0 Å². The van der Waals surface area contributed by atoms with Gasteiger partial charge in [0, 0.05) is 22.7 Å². The summed E-state index contributed by atoms with van der Waals surface area (Å²) < 4.78 is 0. The molecule has 0 saturated heterocycles. The molecule has 62 valence electrons. The molecule has 0 fully saturated rings. The van der Waals surface area contributed by atoms with Crippen LogP contribution in [0.3, 0.4) is 0 Å². The predicted octanol–water partition coefficient (Wildman–Crippen LogP) is 2.84. The Morgan fingerprint density at radius 3 is 2.83 bits per heavy atom. The van der Waals surface area contributed by atoms with E-state index in [-0.39, 0.29) is 5.75 Å². The van der Waals surface area contributed by atoms with Gasteiger partial charge in [-0.05, 0) is 19.1 Å². The van der Waals surface area contributed by atoms with Crippen molar-refractivity contribution >= 4 is 22.5 Å². The van der Waals surface area contributed by atoms with Gasteiger partial charge in [-0.1, -0.05) is 11.6 Å². The van der Waals surface area contributed by atoms with Crippen LogP contribution in [0.5, 0.6) is 5.75 Å². The third-order valence-corrected chi connectivity index (χ3v) is 2.13. The molecule has 0 unspecified atom stereocenters. The van der Waals surface area contributed by atoms with Crippen LogP contribution in [0, 0.1) is 6.92 Å². The number of halogens is 1. The third-order valence-electron chi connectivity index (χ3n) is 1.82. The molecule has 0 saturated carbocycles. The highest BCUT2D eigenvalue weighted by Crippen LogP contribution is 2.28. The maximum Gasteiger partial charge on any atom is 0.136 e. The zero-order valence-electron chi connectivity index (χ0n) is 6.56. The lowest BCUT2D eigenvalue weighted by Gasteiger charge is -1.95. The number of benzene rings is 1. The number of aromatic hydroxyl groups is 1. The molecule has 0 bridgehead atoms. The van der Waals surface area contributed by atoms with E-state index < -0.39 is 0 Å². The van der Waals surface area contributed by atoms with E-state index in [9.17, 15) is 5.11 Å². The van der Waals surface area contributed by atoms with Gasteiger partial charge in [0.2, 0.25) is 0 Å². The average molecular weight is 182 g/mol. The summed E-state index contributed by atoms with van der Waals surface area (Å²) >= 11 is 5.73. The van der Waals surface area contributed by atoms with Gasteiger partial charge in [0.15, 0.2) is 0 Å². The Kier molecular flexibility index (Phi) is 1.51. The van der Waals surface area contributed by atoms with E-state index in [4.69, 9.17) is 11.6 Å². The van der Waals surface area contributed by atoms with Crippen molar-refractivity contribution in [1.29, 1.82) is 0 Å². The maximum absolute atomic E-state index is 9.27. The Morgan fingerprint density at radius 2 is 2.08 bits per heavy atom. The molecule has 1 aromatic heterocycles. The van der Waals surface area contributed by atoms with Crippen LogP contribution >= 0.6 is 11.6 Å². The molecule has 0 aliphatic heterocycles. The fraction of sp³-hybridized carbons (Fsp3) is 0.111. The SMILES string of the molecule is Cc1cc2cc(Cl)c(O)cc2[nH]1. The van der Waals surface area contributed by atoms with Gasteiger partial charge >= 0.3 is 0 Å². The van der Waals surface area contributed by atoms with Gasteiger partial charge < -0.3 is 10.1 Å². The van der Waals surface area contributed by atoms with E-state index in [0.717, 1.165) is 16.6 Å². The number of hydrogen-bond acceptors (Lipinski definition) is 1. The first kappa shape index (κ1) is 7.50. The van der Waals surface area contributed by atoms with Gasteiger partial charge in [-0.25, -0.2) is 0 Å². The lowest BCUT2D eigenvalue weighted by Crippen LogP contribution is -1.70. The van der Waals surface area contributed by atoms with Gasteiger partial charge in [0.05, 0.1) is 5.02 Å². The summed E-state index contributed by atoms with van der Waals surface area (Å²) in [6.45, 7) is 1.96. The predicted molar refractivity (Wildman–Crippen MR) is 49.7 cm³/mol. The molecular formula is C9H8ClNO. The monoisotopic (exact) mass is 181 g/mol. The van der Waals surface area contributed by atoms with Crippen LogP contribution in [0.2, 0.25) is 5.02 Å². The van der Waals surface area contributed by atoms with Crippen LogP contribution in [0.4, 0.5) is 0 Å². The molecule has 0 atom stereocenters. The normalized spacial score (nSPS) is 10.8. The van der Waals surface area contributed by atoms with Crippen LogP contribution in [0.1, 0.15) is 5.69 Å². The van der Waals surface area contributed by atoms with Gasteiger partial charge in [-0.3, -0.25) is 0 Å². The molecule has 1 heterocycles. The highest BCUT2D eigenvalue weighted by Gasteiger charge is 2.02. The van der Waals surface area contributed by atoms with E-state index >= 15 is 0 Å². The lowest BCUT2D eigenvalue weighted by molar-refractivity contribution is 0.476. The van der Waals surface area contributed by atoms with Crippen molar-refractivity contribution in [1.82, 2.24) is 4.98 Å². The summed E-state index contributed by atoms with van der Waals surface area (Å²) in [7, 11) is 0. The number of aromatic nitrogens is 1. The summed E-state index contributed by atoms with van der Waals surface area (Å²) in [5.41, 5.74) is 1.97. The smallest absolute Gasteiger partial charge is 0.136 e. The number of nitrogens with one attached hydrogen (secondary N) is 1. The van der Waals surface area contributed by atoms with E-state index in [0.29, 0.717) is 5.02 Å². The first-order valence-corrected chi connectivity index (χ1v) is 4.02. The van der Waals surface area contributed by atoms with Crippen molar-refractivity contribution < 1.29 is 5.11 Å². The molecule has 0 aliphatic carbocycles. The number of rotatable bonds is 0. The van der Waals surface area contributed by atoms with E-state index in [1.165, 1.54) is 0 Å². The van der Waals surface area contributed by atoms with Gasteiger partial charge in [-0.2, -0.15) is 0 Å². The largest absolute Gasteiger partial charge is 0.506 e. The number of aryl methyl sites for hydroxylation is 1. The number of phenols is 1. The molecule has 1 aromatic carbocycles. The molecule has 2 rings (SSSR count). The fourth-order valence-corrected chi connectivity index (χ4v) is 1.46. The Bertz CT molecular complexity index is 394. The van der Waals surface area contributed by atoms with Crippen LogP contribution < -0.4 is 0 Å². The van der Waals surface area contributed by atoms with E-state index in [1.54, 1.807) is 12.1 Å². The third kappa shape index (κ3) is 1.04. The Hall–Kier alpha value is -1.15. The second kappa shape index (κ2) is 2.42. The van der Waals surface area contributed by atoms with Crippen molar-refractivity contribution in [2.45, 2.75) is 6.92 Å². The summed E-state index contributed by atoms with van der Waals surface area (Å²) in [6.07, 6.45) is 0. The molecule has 0 spiro atoms. The van der Waals surface area contributed by atoms with Crippen molar-refractivity contribution in [3.05, 3.63) is 28.9 Å². The maximum atomic E-state index is 9.27. The second-order valence-corrected chi connectivity index (χ2v) is 3.25. The summed E-state index contributed by atoms with van der Waals surface area (Å²) in [5.74, 6) is 0.117. The average Bonchev–Trinajstić information content (AvgIpc) is 2.30. The van der Waals surface area contributed by atoms with Gasteiger partial charge in [0.25, 0.3) is 0 Å². The van der Waals surface area contributed by atoms with E-state index in [2.05, 4.69) is 4.98 Å². The number of hydrogen-bond donors (Lipinski definition) is 2. The topological polar surface area (TPSA) is 36.0 Å².